The number of aromatic nitrogens is 1. The topological polar surface area (TPSA) is 63.3 Å². The van der Waals surface area contributed by atoms with Crippen molar-refractivity contribution in [2.24, 2.45) is 0 Å². The molecule has 0 aliphatic carbocycles. The number of carboxylic acids is 1. The van der Waals surface area contributed by atoms with Gasteiger partial charge in [0.05, 0.1) is 0 Å². The van der Waals surface area contributed by atoms with E-state index in [1.807, 2.05) is 0 Å². The van der Waals surface area contributed by atoms with Gasteiger partial charge < -0.3 is 9.63 Å². The van der Waals surface area contributed by atoms with Crippen molar-refractivity contribution in [2.75, 3.05) is 6.26 Å². The Morgan fingerprint density at radius 1 is 1.33 bits per heavy atom. The van der Waals surface area contributed by atoms with E-state index in [9.17, 15) is 13.6 Å². The highest BCUT2D eigenvalue weighted by Gasteiger charge is 2.17. The van der Waals surface area contributed by atoms with Crippen LogP contribution in [-0.2, 0) is 0 Å². The maximum atomic E-state index is 13.7. The lowest BCUT2D eigenvalue weighted by molar-refractivity contribution is 0.0652. The minimum absolute atomic E-state index is 0.0588. The third-order valence-corrected chi connectivity index (χ3v) is 2.99. The van der Waals surface area contributed by atoms with Crippen molar-refractivity contribution in [2.45, 2.75) is 4.90 Å². The molecule has 1 aromatic carbocycles. The fraction of sp³-hybridized carbons (Fsp3) is 0.0909. The molecule has 2 aromatic rings. The predicted molar refractivity (Wildman–Crippen MR) is 60.6 cm³/mol. The molecule has 18 heavy (non-hydrogen) atoms. The molecule has 0 fully saturated rings. The summed E-state index contributed by atoms with van der Waals surface area (Å²) in [5, 5.41) is 12.0. The number of aromatic carboxylic acids is 1. The van der Waals surface area contributed by atoms with E-state index in [0.717, 1.165) is 30.0 Å². The van der Waals surface area contributed by atoms with Gasteiger partial charge in [-0.3, -0.25) is 0 Å². The second kappa shape index (κ2) is 4.77. The molecule has 1 N–H and O–H groups in total. The van der Waals surface area contributed by atoms with Crippen molar-refractivity contribution in [3.05, 3.63) is 35.6 Å². The van der Waals surface area contributed by atoms with Crippen molar-refractivity contribution < 1.29 is 23.2 Å². The maximum Gasteiger partial charge on any atom is 0.374 e. The molecule has 0 unspecified atom stereocenters. The number of halogens is 2. The Kier molecular flexibility index (Phi) is 3.33. The summed E-state index contributed by atoms with van der Waals surface area (Å²) >= 11 is 1.07. The Bertz CT molecular complexity index is 612. The number of carbonyl (C=O) groups is 1. The molecule has 0 aliphatic rings. The van der Waals surface area contributed by atoms with Crippen LogP contribution in [0.2, 0.25) is 0 Å². The molecule has 4 nitrogen and oxygen atoms in total. The van der Waals surface area contributed by atoms with Crippen LogP contribution < -0.4 is 0 Å². The van der Waals surface area contributed by atoms with Crippen LogP contribution in [0.1, 0.15) is 10.6 Å². The molecule has 94 valence electrons. The fourth-order valence-electron chi connectivity index (χ4n) is 1.38. The number of thioether (sulfide) groups is 1. The molecule has 0 radical (unpaired) electrons. The SMILES string of the molecule is CSc1cc(F)c(-c2cc(C(=O)O)on2)cc1F. The highest BCUT2D eigenvalue weighted by atomic mass is 32.2. The zero-order valence-corrected chi connectivity index (χ0v) is 9.92. The highest BCUT2D eigenvalue weighted by Crippen LogP contribution is 2.29. The highest BCUT2D eigenvalue weighted by molar-refractivity contribution is 7.98. The summed E-state index contributed by atoms with van der Waals surface area (Å²) in [6.45, 7) is 0. The standard InChI is InChI=1S/C11H7F2NO3S/c1-18-10-3-6(12)5(2-7(10)13)8-4-9(11(15)16)17-14-8/h2-4H,1H3,(H,15,16). The van der Waals surface area contributed by atoms with Gasteiger partial charge in [0.15, 0.2) is 0 Å². The lowest BCUT2D eigenvalue weighted by Crippen LogP contribution is -1.92. The summed E-state index contributed by atoms with van der Waals surface area (Å²) in [5.41, 5.74) is -0.196. The van der Waals surface area contributed by atoms with Crippen LogP contribution >= 0.6 is 11.8 Å². The minimum atomic E-state index is -1.32. The first-order valence-electron chi connectivity index (χ1n) is 4.76. The van der Waals surface area contributed by atoms with E-state index in [-0.39, 0.29) is 16.2 Å². The van der Waals surface area contributed by atoms with Gasteiger partial charge in [0.25, 0.3) is 0 Å². The summed E-state index contributed by atoms with van der Waals surface area (Å²) in [7, 11) is 0. The van der Waals surface area contributed by atoms with Gasteiger partial charge in [-0.05, 0) is 18.4 Å². The lowest BCUT2D eigenvalue weighted by atomic mass is 10.1. The number of hydrogen-bond donors (Lipinski definition) is 1. The molecular formula is C11H7F2NO3S. The molecule has 0 aliphatic heterocycles. The Labute approximate surface area is 105 Å². The smallest absolute Gasteiger partial charge is 0.374 e. The molecule has 0 atom stereocenters. The van der Waals surface area contributed by atoms with E-state index < -0.39 is 23.4 Å². The van der Waals surface area contributed by atoms with Gasteiger partial charge >= 0.3 is 5.97 Å². The molecule has 0 bridgehead atoms. The van der Waals surface area contributed by atoms with Gasteiger partial charge in [-0.15, -0.1) is 11.8 Å². The lowest BCUT2D eigenvalue weighted by Gasteiger charge is -2.03. The van der Waals surface area contributed by atoms with Crippen LogP contribution in [0, 0.1) is 11.6 Å². The summed E-state index contributed by atoms with van der Waals surface area (Å²) < 4.78 is 31.7. The molecule has 0 amide bonds. The van der Waals surface area contributed by atoms with E-state index in [2.05, 4.69) is 9.68 Å². The largest absolute Gasteiger partial charge is 0.475 e. The van der Waals surface area contributed by atoms with Crippen molar-refractivity contribution in [3.63, 3.8) is 0 Å². The Morgan fingerprint density at radius 2 is 2.06 bits per heavy atom. The number of hydrogen-bond acceptors (Lipinski definition) is 4. The average molecular weight is 271 g/mol. The first-order valence-corrected chi connectivity index (χ1v) is 5.99. The molecule has 7 heteroatoms. The fourth-order valence-corrected chi connectivity index (χ4v) is 1.86. The van der Waals surface area contributed by atoms with E-state index >= 15 is 0 Å². The molecule has 1 aromatic heterocycles. The van der Waals surface area contributed by atoms with Gasteiger partial charge in [-0.1, -0.05) is 5.16 Å². The van der Waals surface area contributed by atoms with Crippen LogP contribution in [0.15, 0.2) is 27.6 Å². The van der Waals surface area contributed by atoms with Crippen molar-refractivity contribution in [1.82, 2.24) is 5.16 Å². The van der Waals surface area contributed by atoms with Gasteiger partial charge in [-0.25, -0.2) is 13.6 Å². The summed E-state index contributed by atoms with van der Waals surface area (Å²) in [6, 6.07) is 3.04. The van der Waals surface area contributed by atoms with Gasteiger partial charge in [0.1, 0.15) is 17.3 Å². The van der Waals surface area contributed by atoms with Crippen LogP contribution in [0.4, 0.5) is 8.78 Å². The van der Waals surface area contributed by atoms with E-state index in [0.29, 0.717) is 0 Å². The van der Waals surface area contributed by atoms with Gasteiger partial charge in [0.2, 0.25) is 5.76 Å². The second-order valence-electron chi connectivity index (χ2n) is 3.35. The molecule has 2 rings (SSSR count). The molecule has 0 saturated carbocycles. The van der Waals surface area contributed by atoms with Crippen LogP contribution in [0.5, 0.6) is 0 Å². The Hall–Kier alpha value is -1.89. The van der Waals surface area contributed by atoms with Crippen LogP contribution in [-0.4, -0.2) is 22.5 Å². The van der Waals surface area contributed by atoms with Crippen LogP contribution in [0.25, 0.3) is 11.3 Å². The van der Waals surface area contributed by atoms with E-state index in [1.165, 1.54) is 0 Å². The maximum absolute atomic E-state index is 13.7. The van der Waals surface area contributed by atoms with Gasteiger partial charge in [0, 0.05) is 16.5 Å². The van der Waals surface area contributed by atoms with Crippen molar-refractivity contribution in [3.8, 4) is 11.3 Å². The molecule has 1 heterocycles. The first kappa shape index (κ1) is 12.6. The van der Waals surface area contributed by atoms with E-state index in [1.54, 1.807) is 6.26 Å². The molecular weight excluding hydrogens is 264 g/mol. The number of rotatable bonds is 3. The molecule has 0 spiro atoms. The predicted octanol–water partition coefficient (Wildman–Crippen LogP) is 3.04. The number of benzene rings is 1. The van der Waals surface area contributed by atoms with Gasteiger partial charge in [-0.2, -0.15) is 0 Å². The van der Waals surface area contributed by atoms with Crippen molar-refractivity contribution >= 4 is 17.7 Å². The summed E-state index contributed by atoms with van der Waals surface area (Å²) in [4.78, 5) is 10.8. The zero-order valence-electron chi connectivity index (χ0n) is 9.11. The molecule has 0 saturated heterocycles. The Morgan fingerprint density at radius 3 is 2.61 bits per heavy atom. The third-order valence-electron chi connectivity index (χ3n) is 2.24. The van der Waals surface area contributed by atoms with E-state index in [4.69, 9.17) is 5.11 Å². The first-order chi connectivity index (χ1) is 8.52. The summed E-state index contributed by atoms with van der Waals surface area (Å²) in [6.07, 6.45) is 1.62. The monoisotopic (exact) mass is 271 g/mol. The quantitative estimate of drug-likeness (QED) is 0.869. The van der Waals surface area contributed by atoms with Crippen molar-refractivity contribution in [1.29, 1.82) is 0 Å². The number of nitrogens with zero attached hydrogens (tertiary/aromatic N) is 1. The normalized spacial score (nSPS) is 10.6. The van der Waals surface area contributed by atoms with Crippen LogP contribution in [0.3, 0.4) is 0 Å². The second-order valence-corrected chi connectivity index (χ2v) is 4.20. The Balaban J connectivity index is 2.50. The summed E-state index contributed by atoms with van der Waals surface area (Å²) in [5.74, 6) is -3.04. The average Bonchev–Trinajstić information content (AvgIpc) is 2.81. The minimum Gasteiger partial charge on any atom is -0.475 e. The number of carboxylic acid groups (broad SMARTS) is 1. The zero-order chi connectivity index (χ0) is 13.3. The third kappa shape index (κ3) is 2.21.